The molecule has 1 aromatic carbocycles. The fourth-order valence-corrected chi connectivity index (χ4v) is 2.27. The predicted octanol–water partition coefficient (Wildman–Crippen LogP) is 3.67. The molecule has 0 radical (unpaired) electrons. The maximum absolute atomic E-state index is 12.6. The SMILES string of the molecule is CC(C)CN(C(=O)c1ccc2cc[nH]c2c1)C(C)C. The topological polar surface area (TPSA) is 36.1 Å². The van der Waals surface area contributed by atoms with Gasteiger partial charge in [0.1, 0.15) is 0 Å². The molecular formula is C16H22N2O. The van der Waals surface area contributed by atoms with Crippen LogP contribution in [0.1, 0.15) is 38.1 Å². The number of hydrogen-bond donors (Lipinski definition) is 1. The van der Waals surface area contributed by atoms with Crippen molar-refractivity contribution in [1.82, 2.24) is 9.88 Å². The number of amides is 1. The largest absolute Gasteiger partial charge is 0.361 e. The third kappa shape index (κ3) is 2.98. The summed E-state index contributed by atoms with van der Waals surface area (Å²) in [7, 11) is 0. The molecule has 0 aliphatic heterocycles. The van der Waals surface area contributed by atoms with E-state index in [9.17, 15) is 4.79 Å². The number of nitrogens with zero attached hydrogens (tertiary/aromatic N) is 1. The molecule has 2 rings (SSSR count). The lowest BCUT2D eigenvalue weighted by molar-refractivity contribution is 0.0682. The zero-order valence-electron chi connectivity index (χ0n) is 12.1. The Bertz CT molecular complexity index is 569. The van der Waals surface area contributed by atoms with Crippen molar-refractivity contribution in [2.75, 3.05) is 6.54 Å². The van der Waals surface area contributed by atoms with Gasteiger partial charge in [0, 0.05) is 29.9 Å². The number of aromatic amines is 1. The van der Waals surface area contributed by atoms with E-state index in [2.05, 4.69) is 32.7 Å². The van der Waals surface area contributed by atoms with E-state index in [4.69, 9.17) is 0 Å². The molecule has 1 amide bonds. The number of carbonyl (C=O) groups excluding carboxylic acids is 1. The third-order valence-corrected chi connectivity index (χ3v) is 3.25. The van der Waals surface area contributed by atoms with Gasteiger partial charge in [-0.3, -0.25) is 4.79 Å². The first-order valence-electron chi connectivity index (χ1n) is 6.87. The number of benzene rings is 1. The van der Waals surface area contributed by atoms with Gasteiger partial charge in [-0.05, 0) is 43.4 Å². The molecule has 0 fully saturated rings. The normalized spacial score (nSPS) is 11.5. The lowest BCUT2D eigenvalue weighted by Crippen LogP contribution is -2.39. The van der Waals surface area contributed by atoms with E-state index in [1.165, 1.54) is 0 Å². The Balaban J connectivity index is 2.29. The zero-order chi connectivity index (χ0) is 14.0. The monoisotopic (exact) mass is 258 g/mol. The molecule has 2 aromatic rings. The Labute approximate surface area is 114 Å². The second-order valence-electron chi connectivity index (χ2n) is 5.72. The van der Waals surface area contributed by atoms with Crippen molar-refractivity contribution >= 4 is 16.8 Å². The van der Waals surface area contributed by atoms with Crippen LogP contribution in [-0.4, -0.2) is 28.4 Å². The van der Waals surface area contributed by atoms with Gasteiger partial charge in [-0.2, -0.15) is 0 Å². The summed E-state index contributed by atoms with van der Waals surface area (Å²) in [6.07, 6.45) is 1.90. The van der Waals surface area contributed by atoms with Gasteiger partial charge in [-0.1, -0.05) is 19.9 Å². The van der Waals surface area contributed by atoms with Crippen molar-refractivity contribution in [2.24, 2.45) is 5.92 Å². The van der Waals surface area contributed by atoms with Crippen molar-refractivity contribution in [3.05, 3.63) is 36.0 Å². The van der Waals surface area contributed by atoms with Gasteiger partial charge in [-0.15, -0.1) is 0 Å². The molecule has 0 spiro atoms. The quantitative estimate of drug-likeness (QED) is 0.892. The van der Waals surface area contributed by atoms with E-state index in [0.29, 0.717) is 5.92 Å². The van der Waals surface area contributed by atoms with Crippen LogP contribution in [0.5, 0.6) is 0 Å². The summed E-state index contributed by atoms with van der Waals surface area (Å²) in [5.74, 6) is 0.584. The Kier molecular flexibility index (Phi) is 3.93. The van der Waals surface area contributed by atoms with Gasteiger partial charge < -0.3 is 9.88 Å². The Morgan fingerprint density at radius 2 is 1.95 bits per heavy atom. The first-order valence-corrected chi connectivity index (χ1v) is 6.87. The first-order chi connectivity index (χ1) is 8.99. The van der Waals surface area contributed by atoms with Crippen LogP contribution in [0, 0.1) is 5.92 Å². The molecule has 102 valence electrons. The van der Waals surface area contributed by atoms with Crippen LogP contribution in [0.25, 0.3) is 10.9 Å². The fraction of sp³-hybridized carbons (Fsp3) is 0.438. The molecule has 0 unspecified atom stereocenters. The van der Waals surface area contributed by atoms with Gasteiger partial charge in [0.05, 0.1) is 0 Å². The van der Waals surface area contributed by atoms with Gasteiger partial charge >= 0.3 is 0 Å². The van der Waals surface area contributed by atoms with Crippen LogP contribution < -0.4 is 0 Å². The van der Waals surface area contributed by atoms with Gasteiger partial charge in [0.25, 0.3) is 5.91 Å². The molecule has 1 aromatic heterocycles. The van der Waals surface area contributed by atoms with Crippen LogP contribution in [0.15, 0.2) is 30.5 Å². The number of nitrogens with one attached hydrogen (secondary N) is 1. The van der Waals surface area contributed by atoms with Crippen molar-refractivity contribution in [3.63, 3.8) is 0 Å². The number of aromatic nitrogens is 1. The highest BCUT2D eigenvalue weighted by molar-refractivity contribution is 5.98. The van der Waals surface area contributed by atoms with Gasteiger partial charge in [0.15, 0.2) is 0 Å². The lowest BCUT2D eigenvalue weighted by atomic mass is 10.1. The van der Waals surface area contributed by atoms with E-state index < -0.39 is 0 Å². The number of H-pyrrole nitrogens is 1. The molecule has 0 saturated carbocycles. The number of fused-ring (bicyclic) bond motifs is 1. The van der Waals surface area contributed by atoms with E-state index in [0.717, 1.165) is 23.0 Å². The maximum Gasteiger partial charge on any atom is 0.254 e. The minimum Gasteiger partial charge on any atom is -0.361 e. The number of hydrogen-bond acceptors (Lipinski definition) is 1. The molecule has 0 atom stereocenters. The molecule has 1 heterocycles. The van der Waals surface area contributed by atoms with Gasteiger partial charge in [0.2, 0.25) is 0 Å². The second kappa shape index (κ2) is 5.47. The Morgan fingerprint density at radius 3 is 2.58 bits per heavy atom. The summed E-state index contributed by atoms with van der Waals surface area (Å²) in [5, 5.41) is 1.14. The van der Waals surface area contributed by atoms with Crippen molar-refractivity contribution in [3.8, 4) is 0 Å². The highest BCUT2D eigenvalue weighted by atomic mass is 16.2. The van der Waals surface area contributed by atoms with Crippen LogP contribution in [0.4, 0.5) is 0 Å². The summed E-state index contributed by atoms with van der Waals surface area (Å²) >= 11 is 0. The van der Waals surface area contributed by atoms with E-state index in [1.54, 1.807) is 0 Å². The minimum atomic E-state index is 0.111. The minimum absolute atomic E-state index is 0.111. The highest BCUT2D eigenvalue weighted by Gasteiger charge is 2.19. The van der Waals surface area contributed by atoms with Crippen LogP contribution in [0.3, 0.4) is 0 Å². The molecule has 0 saturated heterocycles. The molecule has 0 aliphatic carbocycles. The molecule has 3 heteroatoms. The Hall–Kier alpha value is -1.77. The molecule has 3 nitrogen and oxygen atoms in total. The number of carbonyl (C=O) groups is 1. The molecular weight excluding hydrogens is 236 g/mol. The maximum atomic E-state index is 12.6. The number of rotatable bonds is 4. The standard InChI is InChI=1S/C16H22N2O/c1-11(2)10-18(12(3)4)16(19)14-6-5-13-7-8-17-15(13)9-14/h5-9,11-12,17H,10H2,1-4H3. The molecule has 1 N–H and O–H groups in total. The summed E-state index contributed by atoms with van der Waals surface area (Å²) in [6, 6.07) is 8.07. The van der Waals surface area contributed by atoms with Crippen molar-refractivity contribution < 1.29 is 4.79 Å². The van der Waals surface area contributed by atoms with Crippen molar-refractivity contribution in [2.45, 2.75) is 33.7 Å². The molecule has 0 bridgehead atoms. The van der Waals surface area contributed by atoms with E-state index in [-0.39, 0.29) is 11.9 Å². The molecule has 0 aliphatic rings. The highest BCUT2D eigenvalue weighted by Crippen LogP contribution is 2.17. The van der Waals surface area contributed by atoms with Crippen molar-refractivity contribution in [1.29, 1.82) is 0 Å². The van der Waals surface area contributed by atoms with E-state index >= 15 is 0 Å². The summed E-state index contributed by atoms with van der Waals surface area (Å²) in [6.45, 7) is 9.19. The summed E-state index contributed by atoms with van der Waals surface area (Å²) < 4.78 is 0. The van der Waals surface area contributed by atoms with Gasteiger partial charge in [-0.25, -0.2) is 0 Å². The van der Waals surface area contributed by atoms with E-state index in [1.807, 2.05) is 35.4 Å². The smallest absolute Gasteiger partial charge is 0.254 e. The lowest BCUT2D eigenvalue weighted by Gasteiger charge is -2.28. The molecule has 19 heavy (non-hydrogen) atoms. The second-order valence-corrected chi connectivity index (χ2v) is 5.72. The third-order valence-electron chi connectivity index (χ3n) is 3.25. The average Bonchev–Trinajstić information content (AvgIpc) is 2.81. The van der Waals surface area contributed by atoms with Crippen LogP contribution >= 0.6 is 0 Å². The summed E-state index contributed by atoms with van der Waals surface area (Å²) in [4.78, 5) is 17.7. The van der Waals surface area contributed by atoms with Crippen LogP contribution in [0.2, 0.25) is 0 Å². The van der Waals surface area contributed by atoms with Crippen LogP contribution in [-0.2, 0) is 0 Å². The Morgan fingerprint density at radius 1 is 1.21 bits per heavy atom. The summed E-state index contributed by atoms with van der Waals surface area (Å²) in [5.41, 5.74) is 1.77. The zero-order valence-corrected chi connectivity index (χ0v) is 12.1. The average molecular weight is 258 g/mol. The first kappa shape index (κ1) is 13.7. The fourth-order valence-electron chi connectivity index (χ4n) is 2.27. The predicted molar refractivity (Wildman–Crippen MR) is 79.3 cm³/mol.